The van der Waals surface area contributed by atoms with Crippen LogP contribution in [0.25, 0.3) is 16.8 Å². The van der Waals surface area contributed by atoms with Gasteiger partial charge in [-0.25, -0.2) is 13.5 Å². The van der Waals surface area contributed by atoms with Gasteiger partial charge in [0.2, 0.25) is 0 Å². The number of nitriles is 1. The Morgan fingerprint density at radius 2 is 1.91 bits per heavy atom. The van der Waals surface area contributed by atoms with Crippen molar-refractivity contribution in [3.05, 3.63) is 101 Å². The molecule has 8 heteroatoms. The Kier molecular flexibility index (Phi) is 4.71. The Morgan fingerprint density at radius 1 is 1.03 bits per heavy atom. The van der Waals surface area contributed by atoms with Gasteiger partial charge in [0.1, 0.15) is 11.6 Å². The van der Waals surface area contributed by atoms with E-state index >= 15 is 0 Å². The maximum absolute atomic E-state index is 13.8. The number of benzene rings is 2. The zero-order valence-electron chi connectivity index (χ0n) is 16.7. The molecular formula is C24H15F2N5O. The molecule has 2 aromatic heterocycles. The lowest BCUT2D eigenvalue weighted by molar-refractivity contribution is 0.0750. The lowest BCUT2D eigenvalue weighted by Crippen LogP contribution is -2.26. The van der Waals surface area contributed by atoms with Gasteiger partial charge in [0.05, 0.1) is 42.0 Å². The molecule has 3 heterocycles. The van der Waals surface area contributed by atoms with Gasteiger partial charge in [-0.2, -0.15) is 10.4 Å². The predicted octanol–water partition coefficient (Wildman–Crippen LogP) is 4.24. The number of nitrogens with zero attached hydrogens (tertiary/aromatic N) is 5. The van der Waals surface area contributed by atoms with Gasteiger partial charge in [-0.15, -0.1) is 0 Å². The van der Waals surface area contributed by atoms with Crippen LogP contribution in [0.3, 0.4) is 0 Å². The maximum Gasteiger partial charge on any atom is 0.255 e. The van der Waals surface area contributed by atoms with Crippen molar-refractivity contribution in [2.45, 2.75) is 13.1 Å². The smallest absolute Gasteiger partial charge is 0.255 e. The molecule has 0 fully saturated rings. The summed E-state index contributed by atoms with van der Waals surface area (Å²) in [6, 6.07) is 14.2. The molecule has 5 rings (SSSR count). The molecule has 0 spiro atoms. The first-order chi connectivity index (χ1) is 15.5. The van der Waals surface area contributed by atoms with Crippen LogP contribution in [0.2, 0.25) is 0 Å². The minimum absolute atomic E-state index is 0.267. The molecule has 0 radical (unpaired) electrons. The number of amides is 1. The molecule has 0 unspecified atom stereocenters. The molecule has 32 heavy (non-hydrogen) atoms. The average Bonchev–Trinajstić information content (AvgIpc) is 3.38. The van der Waals surface area contributed by atoms with Crippen molar-refractivity contribution in [1.82, 2.24) is 19.7 Å². The van der Waals surface area contributed by atoms with E-state index in [0.717, 1.165) is 11.8 Å². The number of fused-ring (bicyclic) bond motifs is 1. The van der Waals surface area contributed by atoms with Crippen molar-refractivity contribution in [2.24, 2.45) is 0 Å². The van der Waals surface area contributed by atoms with Crippen LogP contribution in [-0.2, 0) is 13.1 Å². The van der Waals surface area contributed by atoms with E-state index in [4.69, 9.17) is 0 Å². The maximum atomic E-state index is 13.8. The topological polar surface area (TPSA) is 74.8 Å². The lowest BCUT2D eigenvalue weighted by Gasteiger charge is -2.18. The zero-order chi connectivity index (χ0) is 22.2. The summed E-state index contributed by atoms with van der Waals surface area (Å²) in [5.41, 5.74) is 3.80. The second-order valence-electron chi connectivity index (χ2n) is 7.45. The second kappa shape index (κ2) is 7.71. The first-order valence-corrected chi connectivity index (χ1v) is 9.79. The molecule has 2 aromatic carbocycles. The number of pyridine rings is 1. The highest BCUT2D eigenvalue weighted by Gasteiger charge is 2.29. The number of halogens is 2. The minimum Gasteiger partial charge on any atom is -0.328 e. The van der Waals surface area contributed by atoms with Crippen LogP contribution in [0, 0.1) is 23.0 Å². The number of carbonyl (C=O) groups is 1. The molecule has 0 atom stereocenters. The summed E-state index contributed by atoms with van der Waals surface area (Å²) in [6.07, 6.45) is 4.37. The largest absolute Gasteiger partial charge is 0.328 e. The van der Waals surface area contributed by atoms with Crippen LogP contribution in [0.15, 0.2) is 67.1 Å². The van der Waals surface area contributed by atoms with Crippen LogP contribution in [0.1, 0.15) is 27.2 Å². The Balaban J connectivity index is 1.45. The minimum atomic E-state index is -0.461. The van der Waals surface area contributed by atoms with E-state index in [9.17, 15) is 18.8 Å². The third-order valence-corrected chi connectivity index (χ3v) is 5.34. The predicted molar refractivity (Wildman–Crippen MR) is 111 cm³/mol. The Hall–Kier alpha value is -4.38. The van der Waals surface area contributed by atoms with E-state index < -0.39 is 11.6 Å². The van der Waals surface area contributed by atoms with Gasteiger partial charge in [-0.05, 0) is 35.4 Å². The third-order valence-electron chi connectivity index (χ3n) is 5.34. The summed E-state index contributed by atoms with van der Waals surface area (Å²) in [6.45, 7) is 0.583. The molecular weight excluding hydrogens is 412 g/mol. The van der Waals surface area contributed by atoms with E-state index in [-0.39, 0.29) is 12.5 Å². The normalized spacial score (nSPS) is 12.5. The van der Waals surface area contributed by atoms with Crippen molar-refractivity contribution in [3.63, 3.8) is 0 Å². The fourth-order valence-electron chi connectivity index (χ4n) is 3.82. The van der Waals surface area contributed by atoms with Crippen LogP contribution < -0.4 is 0 Å². The van der Waals surface area contributed by atoms with Gasteiger partial charge in [0, 0.05) is 29.9 Å². The standard InChI is InChI=1S/C24H15F2N5O/c25-18-3-1-2-16(7-18)21-5-4-15(9-27)6-22(21)24(32)30-12-17-13-31(29-23(17)14-30)20-8-19(26)10-28-11-20/h1-8,10-11,13H,12,14H2. The van der Waals surface area contributed by atoms with E-state index in [1.54, 1.807) is 35.4 Å². The quantitative estimate of drug-likeness (QED) is 0.490. The monoisotopic (exact) mass is 427 g/mol. The van der Waals surface area contributed by atoms with Crippen LogP contribution in [0.5, 0.6) is 0 Å². The summed E-state index contributed by atoms with van der Waals surface area (Å²) in [4.78, 5) is 18.8. The van der Waals surface area contributed by atoms with Crippen molar-refractivity contribution < 1.29 is 13.6 Å². The van der Waals surface area contributed by atoms with E-state index in [1.165, 1.54) is 35.1 Å². The SMILES string of the molecule is N#Cc1ccc(-c2cccc(F)c2)c(C(=O)N2Cc3cn(-c4cncc(F)c4)nc3C2)c1. The second-order valence-corrected chi connectivity index (χ2v) is 7.45. The van der Waals surface area contributed by atoms with Crippen LogP contribution >= 0.6 is 0 Å². The average molecular weight is 427 g/mol. The highest BCUT2D eigenvalue weighted by molar-refractivity contribution is 6.01. The van der Waals surface area contributed by atoms with Gasteiger partial charge in [-0.3, -0.25) is 9.78 Å². The van der Waals surface area contributed by atoms with Crippen molar-refractivity contribution in [1.29, 1.82) is 5.26 Å². The van der Waals surface area contributed by atoms with E-state index in [2.05, 4.69) is 10.1 Å². The van der Waals surface area contributed by atoms with Crippen molar-refractivity contribution in [3.8, 4) is 22.9 Å². The Labute approximate surface area is 182 Å². The summed E-state index contributed by atoms with van der Waals surface area (Å²) in [7, 11) is 0. The first-order valence-electron chi connectivity index (χ1n) is 9.79. The van der Waals surface area contributed by atoms with Gasteiger partial charge < -0.3 is 4.90 Å². The first kappa shape index (κ1) is 19.6. The van der Waals surface area contributed by atoms with E-state index in [1.807, 2.05) is 6.07 Å². The third kappa shape index (κ3) is 3.50. The van der Waals surface area contributed by atoms with E-state index in [0.29, 0.717) is 40.2 Å². The molecule has 156 valence electrons. The van der Waals surface area contributed by atoms with Crippen LogP contribution in [-0.4, -0.2) is 25.6 Å². The molecule has 4 aromatic rings. The summed E-state index contributed by atoms with van der Waals surface area (Å²) in [5, 5.41) is 13.8. The highest BCUT2D eigenvalue weighted by Crippen LogP contribution is 2.30. The molecule has 0 N–H and O–H groups in total. The molecule has 1 amide bonds. The van der Waals surface area contributed by atoms with Crippen LogP contribution in [0.4, 0.5) is 8.78 Å². The highest BCUT2D eigenvalue weighted by atomic mass is 19.1. The lowest BCUT2D eigenvalue weighted by atomic mass is 9.96. The molecule has 1 aliphatic heterocycles. The Bertz CT molecular complexity index is 1380. The van der Waals surface area contributed by atoms with Gasteiger partial charge in [0.15, 0.2) is 0 Å². The fourth-order valence-corrected chi connectivity index (χ4v) is 3.82. The Morgan fingerprint density at radius 3 is 2.66 bits per heavy atom. The summed E-state index contributed by atoms with van der Waals surface area (Å²) >= 11 is 0. The molecule has 0 saturated heterocycles. The molecule has 0 aliphatic carbocycles. The molecule has 6 nitrogen and oxygen atoms in total. The summed E-state index contributed by atoms with van der Waals surface area (Å²) < 4.78 is 28.8. The van der Waals surface area contributed by atoms with Gasteiger partial charge in [-0.1, -0.05) is 18.2 Å². The fraction of sp³-hybridized carbons (Fsp3) is 0.0833. The number of hydrogen-bond donors (Lipinski definition) is 0. The van der Waals surface area contributed by atoms with Gasteiger partial charge in [0.25, 0.3) is 5.91 Å². The van der Waals surface area contributed by atoms with Crippen molar-refractivity contribution in [2.75, 3.05) is 0 Å². The molecule has 1 aliphatic rings. The number of rotatable bonds is 3. The number of carbonyl (C=O) groups excluding carboxylic acids is 1. The summed E-state index contributed by atoms with van der Waals surface area (Å²) in [5.74, 6) is -1.15. The number of aromatic nitrogens is 3. The number of hydrogen-bond acceptors (Lipinski definition) is 4. The zero-order valence-corrected chi connectivity index (χ0v) is 16.7. The van der Waals surface area contributed by atoms with Crippen molar-refractivity contribution >= 4 is 5.91 Å². The molecule has 0 saturated carbocycles. The van der Waals surface area contributed by atoms with Gasteiger partial charge >= 0.3 is 0 Å². The molecule has 0 bridgehead atoms.